The monoisotopic (exact) mass is 227 g/mol. The molecule has 2 atom stereocenters. The number of ether oxygens (including phenoxy) is 1. The number of nitrogens with zero attached hydrogens (tertiary/aromatic N) is 1. The molecule has 92 valence electrons. The van der Waals surface area contributed by atoms with Gasteiger partial charge in [-0.25, -0.2) is 4.79 Å². The van der Waals surface area contributed by atoms with Gasteiger partial charge in [0.1, 0.15) is 0 Å². The van der Waals surface area contributed by atoms with E-state index >= 15 is 0 Å². The summed E-state index contributed by atoms with van der Waals surface area (Å²) in [7, 11) is 0. The number of carboxylic acid groups (broad SMARTS) is 1. The summed E-state index contributed by atoms with van der Waals surface area (Å²) in [6.45, 7) is 7.72. The largest absolute Gasteiger partial charge is 0.479 e. The third kappa shape index (κ3) is 2.55. The quantitative estimate of drug-likeness (QED) is 0.784. The molecule has 4 nitrogen and oxygen atoms in total. The van der Waals surface area contributed by atoms with Crippen LogP contribution in [0.1, 0.15) is 26.7 Å². The summed E-state index contributed by atoms with van der Waals surface area (Å²) >= 11 is 0. The van der Waals surface area contributed by atoms with Crippen molar-refractivity contribution in [3.8, 4) is 0 Å². The first kappa shape index (κ1) is 11.9. The Morgan fingerprint density at radius 1 is 1.44 bits per heavy atom. The molecule has 2 unspecified atom stereocenters. The number of hydrogen-bond donors (Lipinski definition) is 1. The Hall–Kier alpha value is -0.610. The number of rotatable bonds is 4. The molecule has 0 saturated carbocycles. The Kier molecular flexibility index (Phi) is 3.50. The molecule has 2 aliphatic heterocycles. The summed E-state index contributed by atoms with van der Waals surface area (Å²) in [5.41, 5.74) is 0. The van der Waals surface area contributed by atoms with Gasteiger partial charge in [-0.15, -0.1) is 0 Å². The predicted molar refractivity (Wildman–Crippen MR) is 60.3 cm³/mol. The second-order valence-corrected chi connectivity index (χ2v) is 5.38. The van der Waals surface area contributed by atoms with E-state index < -0.39 is 12.1 Å². The molecule has 0 spiro atoms. The predicted octanol–water partition coefficient (Wildman–Crippen LogP) is 1.21. The van der Waals surface area contributed by atoms with Crippen LogP contribution in [0.3, 0.4) is 0 Å². The SMILES string of the molecule is CC(C)C1CN(CC2CCC(C(=O)O)O2)C1. The second kappa shape index (κ2) is 4.72. The Labute approximate surface area is 96.6 Å². The maximum atomic E-state index is 10.7. The number of hydrogen-bond acceptors (Lipinski definition) is 3. The molecule has 0 aromatic heterocycles. The van der Waals surface area contributed by atoms with Crippen LogP contribution >= 0.6 is 0 Å². The fourth-order valence-electron chi connectivity index (χ4n) is 2.49. The molecule has 1 N–H and O–H groups in total. The summed E-state index contributed by atoms with van der Waals surface area (Å²) in [6.07, 6.45) is 1.13. The van der Waals surface area contributed by atoms with Gasteiger partial charge in [0.25, 0.3) is 0 Å². The average Bonchev–Trinajstić information content (AvgIpc) is 2.58. The van der Waals surface area contributed by atoms with Gasteiger partial charge in [0.2, 0.25) is 0 Å². The summed E-state index contributed by atoms with van der Waals surface area (Å²) in [5.74, 6) is 0.760. The van der Waals surface area contributed by atoms with Gasteiger partial charge in [0, 0.05) is 19.6 Å². The number of carbonyl (C=O) groups is 1. The van der Waals surface area contributed by atoms with Gasteiger partial charge in [0.15, 0.2) is 6.10 Å². The van der Waals surface area contributed by atoms with E-state index in [-0.39, 0.29) is 6.10 Å². The highest BCUT2D eigenvalue weighted by atomic mass is 16.5. The van der Waals surface area contributed by atoms with Crippen molar-refractivity contribution in [3.05, 3.63) is 0 Å². The van der Waals surface area contributed by atoms with Crippen LogP contribution in [0.4, 0.5) is 0 Å². The molecular weight excluding hydrogens is 206 g/mol. The lowest BCUT2D eigenvalue weighted by atomic mass is 9.88. The van der Waals surface area contributed by atoms with Crippen molar-refractivity contribution in [1.82, 2.24) is 4.90 Å². The minimum Gasteiger partial charge on any atom is -0.479 e. The van der Waals surface area contributed by atoms with Gasteiger partial charge in [-0.1, -0.05) is 13.8 Å². The molecule has 2 aliphatic rings. The minimum absolute atomic E-state index is 0.134. The molecular formula is C12H21NO3. The van der Waals surface area contributed by atoms with E-state index in [0.29, 0.717) is 6.42 Å². The van der Waals surface area contributed by atoms with Crippen molar-refractivity contribution in [2.24, 2.45) is 11.8 Å². The molecule has 2 fully saturated rings. The Morgan fingerprint density at radius 3 is 2.62 bits per heavy atom. The topological polar surface area (TPSA) is 49.8 Å². The molecule has 16 heavy (non-hydrogen) atoms. The summed E-state index contributed by atoms with van der Waals surface area (Å²) in [5, 5.41) is 8.81. The van der Waals surface area contributed by atoms with Crippen LogP contribution in [-0.2, 0) is 9.53 Å². The lowest BCUT2D eigenvalue weighted by Gasteiger charge is -2.42. The van der Waals surface area contributed by atoms with Crippen LogP contribution in [0.2, 0.25) is 0 Å². The first-order valence-electron chi connectivity index (χ1n) is 6.17. The number of carboxylic acids is 1. The molecule has 4 heteroatoms. The molecule has 2 heterocycles. The van der Waals surface area contributed by atoms with Gasteiger partial charge in [-0.3, -0.25) is 0 Å². The van der Waals surface area contributed by atoms with E-state index in [9.17, 15) is 4.79 Å². The Balaban J connectivity index is 1.67. The molecule has 0 aromatic carbocycles. The van der Waals surface area contributed by atoms with Crippen molar-refractivity contribution in [2.75, 3.05) is 19.6 Å². The molecule has 0 bridgehead atoms. The second-order valence-electron chi connectivity index (χ2n) is 5.38. The zero-order valence-corrected chi connectivity index (χ0v) is 10.1. The van der Waals surface area contributed by atoms with E-state index in [4.69, 9.17) is 9.84 Å². The molecule has 0 aliphatic carbocycles. The first-order valence-corrected chi connectivity index (χ1v) is 6.17. The minimum atomic E-state index is -0.814. The van der Waals surface area contributed by atoms with Gasteiger partial charge in [0.05, 0.1) is 6.10 Å². The molecule has 0 radical (unpaired) electrons. The Morgan fingerprint density at radius 2 is 2.12 bits per heavy atom. The fraction of sp³-hybridized carbons (Fsp3) is 0.917. The van der Waals surface area contributed by atoms with Crippen molar-refractivity contribution < 1.29 is 14.6 Å². The lowest BCUT2D eigenvalue weighted by molar-refractivity contribution is -0.150. The van der Waals surface area contributed by atoms with Crippen molar-refractivity contribution >= 4 is 5.97 Å². The highest BCUT2D eigenvalue weighted by molar-refractivity contribution is 5.72. The van der Waals surface area contributed by atoms with Crippen molar-refractivity contribution in [1.29, 1.82) is 0 Å². The lowest BCUT2D eigenvalue weighted by Crippen LogP contribution is -2.51. The maximum Gasteiger partial charge on any atom is 0.332 e. The average molecular weight is 227 g/mol. The third-order valence-corrected chi connectivity index (χ3v) is 3.77. The van der Waals surface area contributed by atoms with Gasteiger partial charge >= 0.3 is 5.97 Å². The van der Waals surface area contributed by atoms with Crippen LogP contribution in [0, 0.1) is 11.8 Å². The van der Waals surface area contributed by atoms with E-state index in [1.54, 1.807) is 0 Å². The van der Waals surface area contributed by atoms with E-state index in [2.05, 4.69) is 18.7 Å². The summed E-state index contributed by atoms with van der Waals surface area (Å²) < 4.78 is 5.48. The highest BCUT2D eigenvalue weighted by Crippen LogP contribution is 2.27. The van der Waals surface area contributed by atoms with Crippen molar-refractivity contribution in [3.63, 3.8) is 0 Å². The van der Waals surface area contributed by atoms with Crippen molar-refractivity contribution in [2.45, 2.75) is 38.9 Å². The smallest absolute Gasteiger partial charge is 0.332 e. The maximum absolute atomic E-state index is 10.7. The molecule has 0 aromatic rings. The van der Waals surface area contributed by atoms with E-state index in [1.165, 1.54) is 0 Å². The van der Waals surface area contributed by atoms with Crippen LogP contribution in [0.25, 0.3) is 0 Å². The normalized spacial score (nSPS) is 31.9. The van der Waals surface area contributed by atoms with E-state index in [0.717, 1.165) is 37.9 Å². The van der Waals surface area contributed by atoms with Crippen LogP contribution in [0.15, 0.2) is 0 Å². The zero-order valence-electron chi connectivity index (χ0n) is 10.1. The van der Waals surface area contributed by atoms with Gasteiger partial charge in [-0.2, -0.15) is 0 Å². The molecule has 2 rings (SSSR count). The number of aliphatic carboxylic acids is 1. The molecule has 2 saturated heterocycles. The van der Waals surface area contributed by atoms with Gasteiger partial charge in [-0.05, 0) is 24.7 Å². The van der Waals surface area contributed by atoms with Crippen LogP contribution in [0.5, 0.6) is 0 Å². The van der Waals surface area contributed by atoms with Gasteiger partial charge < -0.3 is 14.7 Å². The fourth-order valence-corrected chi connectivity index (χ4v) is 2.49. The first-order chi connectivity index (χ1) is 7.56. The van der Waals surface area contributed by atoms with Crippen LogP contribution in [-0.4, -0.2) is 47.8 Å². The summed E-state index contributed by atoms with van der Waals surface area (Å²) in [4.78, 5) is 13.1. The third-order valence-electron chi connectivity index (χ3n) is 3.77. The standard InChI is InChI=1S/C12H21NO3/c1-8(2)9-5-13(6-9)7-10-3-4-11(16-10)12(14)15/h8-11H,3-7H2,1-2H3,(H,14,15). The zero-order chi connectivity index (χ0) is 11.7. The Bertz CT molecular complexity index is 261. The summed E-state index contributed by atoms with van der Waals surface area (Å²) in [6, 6.07) is 0. The molecule has 0 amide bonds. The highest BCUT2D eigenvalue weighted by Gasteiger charge is 2.35. The van der Waals surface area contributed by atoms with E-state index in [1.807, 2.05) is 0 Å². The number of likely N-dealkylation sites (tertiary alicyclic amines) is 1. The van der Waals surface area contributed by atoms with Crippen LogP contribution < -0.4 is 0 Å².